The van der Waals surface area contributed by atoms with Crippen LogP contribution >= 0.6 is 11.6 Å². The molecule has 1 rings (SSSR count). The van der Waals surface area contributed by atoms with Crippen LogP contribution in [-0.4, -0.2) is 29.9 Å². The number of hydrogen-bond acceptors (Lipinski definition) is 5. The van der Waals surface area contributed by atoms with Crippen LogP contribution in [0, 0.1) is 5.41 Å². The molecule has 0 saturated carbocycles. The standard InChI is InChI=1S/C13H21ClN2O3/c1-12(2,3)19-11(17)13(4,5)8-18-10-7-15-9(14)6-16-10/h7,16H,6,8H2,1-5H3. The van der Waals surface area contributed by atoms with E-state index in [-0.39, 0.29) is 12.6 Å². The van der Waals surface area contributed by atoms with Crippen LogP contribution in [0.3, 0.4) is 0 Å². The van der Waals surface area contributed by atoms with Crippen molar-refractivity contribution >= 4 is 22.7 Å². The first-order chi connectivity index (χ1) is 8.60. The Morgan fingerprint density at radius 3 is 2.53 bits per heavy atom. The normalized spacial score (nSPS) is 16.1. The highest BCUT2D eigenvalue weighted by molar-refractivity contribution is 6.66. The molecule has 19 heavy (non-hydrogen) atoms. The van der Waals surface area contributed by atoms with Gasteiger partial charge in [0.15, 0.2) is 0 Å². The molecule has 0 aliphatic carbocycles. The highest BCUT2D eigenvalue weighted by Crippen LogP contribution is 2.22. The number of rotatable bonds is 4. The number of halogens is 1. The maximum atomic E-state index is 12.0. The summed E-state index contributed by atoms with van der Waals surface area (Å²) in [4.78, 5) is 15.9. The number of carbonyl (C=O) groups is 1. The van der Waals surface area contributed by atoms with Crippen LogP contribution in [0.2, 0.25) is 0 Å². The molecule has 1 heterocycles. The molecule has 0 aromatic carbocycles. The molecule has 0 saturated heterocycles. The molecule has 108 valence electrons. The van der Waals surface area contributed by atoms with Crippen molar-refractivity contribution < 1.29 is 14.3 Å². The lowest BCUT2D eigenvalue weighted by Gasteiger charge is -2.28. The minimum atomic E-state index is -0.735. The van der Waals surface area contributed by atoms with Gasteiger partial charge in [0.05, 0.1) is 18.2 Å². The summed E-state index contributed by atoms with van der Waals surface area (Å²) in [6.07, 6.45) is 1.50. The summed E-state index contributed by atoms with van der Waals surface area (Å²) in [5.41, 5.74) is -1.24. The molecule has 0 bridgehead atoms. The first-order valence-electron chi connectivity index (χ1n) is 6.13. The molecule has 0 unspecified atom stereocenters. The second kappa shape index (κ2) is 5.82. The number of nitrogens with one attached hydrogen (secondary N) is 1. The van der Waals surface area contributed by atoms with Gasteiger partial charge in [-0.3, -0.25) is 4.79 Å². The van der Waals surface area contributed by atoms with E-state index in [1.54, 1.807) is 13.8 Å². The molecule has 1 aliphatic rings. The minimum absolute atomic E-state index is 0.202. The Morgan fingerprint density at radius 1 is 1.42 bits per heavy atom. The Kier molecular flexibility index (Phi) is 4.85. The molecule has 0 fully saturated rings. The van der Waals surface area contributed by atoms with Gasteiger partial charge < -0.3 is 14.8 Å². The molecule has 0 aromatic rings. The Hall–Kier alpha value is -1.23. The third-order valence-electron chi connectivity index (χ3n) is 2.27. The van der Waals surface area contributed by atoms with E-state index in [0.29, 0.717) is 17.6 Å². The SMILES string of the molecule is CC(C)(C)OC(=O)C(C)(C)COC1=CN=C(Cl)CN1. The molecule has 6 heteroatoms. The predicted octanol–water partition coefficient (Wildman–Crippen LogP) is 2.41. The summed E-state index contributed by atoms with van der Waals surface area (Å²) in [6, 6.07) is 0. The van der Waals surface area contributed by atoms with Gasteiger partial charge in [-0.25, -0.2) is 4.99 Å². The number of aliphatic imine (C=N–C) groups is 1. The summed E-state index contributed by atoms with van der Waals surface area (Å²) in [6.45, 7) is 9.70. The van der Waals surface area contributed by atoms with E-state index in [2.05, 4.69) is 10.3 Å². The second-order valence-electron chi connectivity index (χ2n) is 6.03. The van der Waals surface area contributed by atoms with Crippen molar-refractivity contribution in [3.63, 3.8) is 0 Å². The van der Waals surface area contributed by atoms with Crippen molar-refractivity contribution in [3.05, 3.63) is 12.1 Å². The highest BCUT2D eigenvalue weighted by Gasteiger charge is 2.33. The second-order valence-corrected chi connectivity index (χ2v) is 6.46. The van der Waals surface area contributed by atoms with E-state index in [9.17, 15) is 4.79 Å². The van der Waals surface area contributed by atoms with Gasteiger partial charge in [-0.15, -0.1) is 0 Å². The van der Waals surface area contributed by atoms with Crippen molar-refractivity contribution in [1.29, 1.82) is 0 Å². The van der Waals surface area contributed by atoms with E-state index < -0.39 is 11.0 Å². The van der Waals surface area contributed by atoms with Crippen molar-refractivity contribution in [2.45, 2.75) is 40.2 Å². The van der Waals surface area contributed by atoms with E-state index in [1.807, 2.05) is 20.8 Å². The summed E-state index contributed by atoms with van der Waals surface area (Å²) in [7, 11) is 0. The van der Waals surface area contributed by atoms with E-state index >= 15 is 0 Å². The van der Waals surface area contributed by atoms with Crippen LogP contribution in [-0.2, 0) is 14.3 Å². The zero-order valence-electron chi connectivity index (χ0n) is 12.0. The molecule has 0 aromatic heterocycles. The van der Waals surface area contributed by atoms with Crippen LogP contribution in [0.15, 0.2) is 17.1 Å². The van der Waals surface area contributed by atoms with Gasteiger partial charge in [0, 0.05) is 0 Å². The van der Waals surface area contributed by atoms with Crippen molar-refractivity contribution in [2.24, 2.45) is 10.4 Å². The van der Waals surface area contributed by atoms with Crippen molar-refractivity contribution in [1.82, 2.24) is 5.32 Å². The molecule has 0 amide bonds. The molecular formula is C13H21ClN2O3. The molecule has 5 nitrogen and oxygen atoms in total. The van der Waals surface area contributed by atoms with Gasteiger partial charge in [0.2, 0.25) is 5.88 Å². The van der Waals surface area contributed by atoms with Gasteiger partial charge in [0.1, 0.15) is 17.4 Å². The number of nitrogens with zero attached hydrogens (tertiary/aromatic N) is 1. The third-order valence-corrected chi connectivity index (χ3v) is 2.50. The fraction of sp³-hybridized carbons (Fsp3) is 0.692. The Bertz CT molecular complexity index is 409. The molecule has 1 aliphatic heterocycles. The van der Waals surface area contributed by atoms with E-state index in [4.69, 9.17) is 21.1 Å². The van der Waals surface area contributed by atoms with Crippen LogP contribution < -0.4 is 5.32 Å². The zero-order chi connectivity index (χ0) is 14.7. The van der Waals surface area contributed by atoms with E-state index in [1.165, 1.54) is 6.20 Å². The molecular weight excluding hydrogens is 268 g/mol. The summed E-state index contributed by atoms with van der Waals surface area (Å²) < 4.78 is 10.9. The summed E-state index contributed by atoms with van der Waals surface area (Å²) in [5, 5.41) is 3.42. The molecule has 0 atom stereocenters. The van der Waals surface area contributed by atoms with Crippen molar-refractivity contribution in [2.75, 3.05) is 13.2 Å². The lowest BCUT2D eigenvalue weighted by atomic mass is 9.95. The smallest absolute Gasteiger partial charge is 0.315 e. The van der Waals surface area contributed by atoms with Gasteiger partial charge in [-0.05, 0) is 34.6 Å². The van der Waals surface area contributed by atoms with Crippen LogP contribution in [0.5, 0.6) is 0 Å². The van der Waals surface area contributed by atoms with Crippen LogP contribution in [0.4, 0.5) is 0 Å². The summed E-state index contributed by atoms with van der Waals surface area (Å²) in [5.74, 6) is 0.207. The lowest BCUT2D eigenvalue weighted by molar-refractivity contribution is -0.168. The third kappa shape index (κ3) is 5.51. The minimum Gasteiger partial charge on any atom is -0.477 e. The van der Waals surface area contributed by atoms with Gasteiger partial charge >= 0.3 is 5.97 Å². The van der Waals surface area contributed by atoms with Gasteiger partial charge in [-0.1, -0.05) is 11.6 Å². The monoisotopic (exact) mass is 288 g/mol. The Balaban J connectivity index is 2.53. The zero-order valence-corrected chi connectivity index (χ0v) is 12.8. The number of esters is 1. The van der Waals surface area contributed by atoms with E-state index in [0.717, 1.165) is 0 Å². The van der Waals surface area contributed by atoms with Crippen molar-refractivity contribution in [3.8, 4) is 0 Å². The predicted molar refractivity (Wildman–Crippen MR) is 75.0 cm³/mol. The fourth-order valence-corrected chi connectivity index (χ4v) is 1.32. The Morgan fingerprint density at radius 2 is 2.05 bits per heavy atom. The molecule has 0 spiro atoms. The Labute approximate surface area is 119 Å². The first kappa shape index (κ1) is 15.8. The summed E-state index contributed by atoms with van der Waals surface area (Å²) >= 11 is 5.71. The highest BCUT2D eigenvalue weighted by atomic mass is 35.5. The van der Waals surface area contributed by atoms with Gasteiger partial charge in [0.25, 0.3) is 0 Å². The van der Waals surface area contributed by atoms with Crippen LogP contribution in [0.1, 0.15) is 34.6 Å². The fourth-order valence-electron chi connectivity index (χ4n) is 1.20. The maximum absolute atomic E-state index is 12.0. The maximum Gasteiger partial charge on any atom is 0.315 e. The average molecular weight is 289 g/mol. The van der Waals surface area contributed by atoms with Gasteiger partial charge in [-0.2, -0.15) is 0 Å². The average Bonchev–Trinajstić information content (AvgIpc) is 2.26. The van der Waals surface area contributed by atoms with Crippen LogP contribution in [0.25, 0.3) is 0 Å². The number of carbonyl (C=O) groups excluding carboxylic acids is 1. The largest absolute Gasteiger partial charge is 0.477 e. The topological polar surface area (TPSA) is 59.9 Å². The quantitative estimate of drug-likeness (QED) is 0.807. The molecule has 0 radical (unpaired) electrons. The number of ether oxygens (including phenoxy) is 2. The molecule has 1 N–H and O–H groups in total. The number of hydrogen-bond donors (Lipinski definition) is 1. The lowest BCUT2D eigenvalue weighted by Crippen LogP contribution is -2.37. The first-order valence-corrected chi connectivity index (χ1v) is 6.50.